The lowest BCUT2D eigenvalue weighted by Gasteiger charge is -2.34. The molecule has 1 saturated heterocycles. The smallest absolute Gasteiger partial charge is 0.408 e. The van der Waals surface area contributed by atoms with Crippen molar-refractivity contribution in [2.45, 2.75) is 51.2 Å². The number of likely N-dealkylation sites (tertiary alicyclic amines) is 1. The average Bonchev–Trinajstić information content (AvgIpc) is 2.60. The van der Waals surface area contributed by atoms with Crippen molar-refractivity contribution in [1.82, 2.24) is 15.5 Å². The predicted octanol–water partition coefficient (Wildman–Crippen LogP) is 2.51. The lowest BCUT2D eigenvalue weighted by atomic mass is 9.89. The first-order chi connectivity index (χ1) is 12.3. The Morgan fingerprint density at radius 2 is 1.81 bits per heavy atom. The molecule has 2 rings (SSSR count). The van der Waals surface area contributed by atoms with Crippen molar-refractivity contribution in [3.8, 4) is 0 Å². The first-order valence-electron chi connectivity index (χ1n) is 9.27. The number of piperidine rings is 1. The lowest BCUT2D eigenvalue weighted by Crippen LogP contribution is -2.53. The maximum Gasteiger partial charge on any atom is 0.408 e. The van der Waals surface area contributed by atoms with Crippen molar-refractivity contribution in [3.63, 3.8) is 0 Å². The van der Waals surface area contributed by atoms with Crippen LogP contribution in [0.2, 0.25) is 0 Å². The molecule has 2 N–H and O–H groups in total. The minimum atomic E-state index is -0.622. The normalized spacial score (nSPS) is 17.4. The maximum absolute atomic E-state index is 12.2. The van der Waals surface area contributed by atoms with Gasteiger partial charge in [-0.15, -0.1) is 0 Å². The van der Waals surface area contributed by atoms with Gasteiger partial charge in [-0.1, -0.05) is 30.3 Å². The molecule has 1 fully saturated rings. The molecule has 26 heavy (non-hydrogen) atoms. The Morgan fingerprint density at radius 1 is 1.19 bits per heavy atom. The van der Waals surface area contributed by atoms with Gasteiger partial charge in [-0.3, -0.25) is 4.79 Å². The van der Waals surface area contributed by atoms with Crippen LogP contribution in [-0.2, 0) is 9.53 Å². The summed E-state index contributed by atoms with van der Waals surface area (Å²) in [5.74, 6) is 0.353. The van der Waals surface area contributed by atoms with Crippen molar-refractivity contribution >= 4 is 12.0 Å². The number of carbonyl (C=O) groups excluding carboxylic acids is 2. The van der Waals surface area contributed by atoms with Crippen LogP contribution in [0.3, 0.4) is 0 Å². The Kier molecular flexibility index (Phi) is 7.03. The molecule has 0 spiro atoms. The van der Waals surface area contributed by atoms with Crippen molar-refractivity contribution in [1.29, 1.82) is 0 Å². The number of rotatable bonds is 5. The van der Waals surface area contributed by atoms with E-state index in [0.29, 0.717) is 12.5 Å². The summed E-state index contributed by atoms with van der Waals surface area (Å²) in [6.07, 6.45) is 1.54. The molecule has 6 nitrogen and oxygen atoms in total. The molecule has 1 aromatic carbocycles. The van der Waals surface area contributed by atoms with E-state index in [1.807, 2.05) is 6.07 Å². The first kappa shape index (κ1) is 20.2. The maximum atomic E-state index is 12.2. The highest BCUT2D eigenvalue weighted by molar-refractivity contribution is 5.85. The summed E-state index contributed by atoms with van der Waals surface area (Å²) in [4.78, 5) is 26.4. The van der Waals surface area contributed by atoms with Gasteiger partial charge in [0, 0.05) is 13.6 Å². The van der Waals surface area contributed by atoms with Gasteiger partial charge in [0.05, 0.1) is 0 Å². The summed E-state index contributed by atoms with van der Waals surface area (Å²) in [6, 6.07) is 9.93. The molecule has 144 valence electrons. The van der Waals surface area contributed by atoms with Crippen LogP contribution in [0.4, 0.5) is 4.79 Å². The van der Waals surface area contributed by atoms with Gasteiger partial charge in [0.2, 0.25) is 5.91 Å². The van der Waals surface area contributed by atoms with E-state index in [1.165, 1.54) is 5.56 Å². The van der Waals surface area contributed by atoms with Gasteiger partial charge < -0.3 is 20.3 Å². The second-order valence-electron chi connectivity index (χ2n) is 7.80. The molecule has 1 aromatic rings. The van der Waals surface area contributed by atoms with Gasteiger partial charge in [-0.2, -0.15) is 0 Å². The van der Waals surface area contributed by atoms with Crippen LogP contribution in [0.1, 0.15) is 45.1 Å². The molecule has 0 radical (unpaired) electrons. The van der Waals surface area contributed by atoms with Crippen LogP contribution in [0.5, 0.6) is 0 Å². The molecule has 0 saturated carbocycles. The quantitative estimate of drug-likeness (QED) is 0.845. The van der Waals surface area contributed by atoms with Gasteiger partial charge in [0.15, 0.2) is 0 Å². The molecule has 6 heteroatoms. The van der Waals surface area contributed by atoms with Crippen molar-refractivity contribution < 1.29 is 14.3 Å². The summed E-state index contributed by atoms with van der Waals surface area (Å²) >= 11 is 0. The molecule has 0 aromatic heterocycles. The number of nitrogens with zero attached hydrogens (tertiary/aromatic N) is 1. The Morgan fingerprint density at radius 3 is 2.35 bits per heavy atom. The van der Waals surface area contributed by atoms with Gasteiger partial charge in [-0.05, 0) is 58.2 Å². The van der Waals surface area contributed by atoms with Crippen LogP contribution in [0, 0.1) is 0 Å². The number of carbonyl (C=O) groups is 2. The number of hydrogen-bond acceptors (Lipinski definition) is 4. The molecule has 0 bridgehead atoms. The number of nitrogens with one attached hydrogen (secondary N) is 2. The summed E-state index contributed by atoms with van der Waals surface area (Å²) in [5.41, 5.74) is 0.785. The molecule has 2 amide bonds. The summed E-state index contributed by atoms with van der Waals surface area (Å²) < 4.78 is 5.28. The zero-order valence-corrected chi connectivity index (χ0v) is 16.2. The number of alkyl carbamates (subject to hydrolysis) is 1. The average molecular weight is 361 g/mol. The monoisotopic (exact) mass is 361 g/mol. The third-order valence-corrected chi connectivity index (χ3v) is 4.55. The van der Waals surface area contributed by atoms with E-state index in [-0.39, 0.29) is 5.91 Å². The number of hydrogen-bond donors (Lipinski definition) is 2. The Hall–Kier alpha value is -2.08. The van der Waals surface area contributed by atoms with Gasteiger partial charge in [0.1, 0.15) is 11.6 Å². The molecular formula is C20H31N3O3. The van der Waals surface area contributed by atoms with E-state index in [9.17, 15) is 9.59 Å². The zero-order valence-electron chi connectivity index (χ0n) is 16.2. The third-order valence-electron chi connectivity index (χ3n) is 4.55. The first-order valence-corrected chi connectivity index (χ1v) is 9.27. The predicted molar refractivity (Wildman–Crippen MR) is 102 cm³/mol. The van der Waals surface area contributed by atoms with E-state index >= 15 is 0 Å². The fraction of sp³-hybridized carbons (Fsp3) is 0.600. The van der Waals surface area contributed by atoms with E-state index < -0.39 is 17.7 Å². The van der Waals surface area contributed by atoms with E-state index in [1.54, 1.807) is 27.8 Å². The molecule has 0 aliphatic carbocycles. The second kappa shape index (κ2) is 9.03. The number of benzene rings is 1. The molecule has 1 heterocycles. The van der Waals surface area contributed by atoms with Crippen LogP contribution < -0.4 is 10.6 Å². The Labute approximate surface area is 156 Å². The fourth-order valence-corrected chi connectivity index (χ4v) is 3.25. The minimum absolute atomic E-state index is 0.207. The Bertz CT molecular complexity index is 590. The molecule has 0 unspecified atom stereocenters. The largest absolute Gasteiger partial charge is 0.444 e. The SMILES string of the molecule is CNC(=O)[C@H](CN1CCC(c2ccccc2)CC1)NC(=O)OC(C)(C)C. The highest BCUT2D eigenvalue weighted by atomic mass is 16.6. The third kappa shape index (κ3) is 6.33. The van der Waals surface area contributed by atoms with Crippen molar-refractivity contribution in [2.75, 3.05) is 26.7 Å². The highest BCUT2D eigenvalue weighted by Gasteiger charge is 2.28. The molecule has 1 atom stereocenters. The summed E-state index contributed by atoms with van der Waals surface area (Å²) in [7, 11) is 1.58. The van der Waals surface area contributed by atoms with Crippen LogP contribution in [0.15, 0.2) is 30.3 Å². The minimum Gasteiger partial charge on any atom is -0.444 e. The lowest BCUT2D eigenvalue weighted by molar-refractivity contribution is -0.123. The number of likely N-dealkylation sites (N-methyl/N-ethyl adjacent to an activating group) is 1. The topological polar surface area (TPSA) is 70.7 Å². The van der Waals surface area contributed by atoms with Gasteiger partial charge in [0.25, 0.3) is 0 Å². The number of ether oxygens (including phenoxy) is 1. The van der Waals surface area contributed by atoms with E-state index in [4.69, 9.17) is 4.74 Å². The van der Waals surface area contributed by atoms with Gasteiger partial charge in [-0.25, -0.2) is 4.79 Å². The standard InChI is InChI=1S/C20H31N3O3/c1-20(2,3)26-19(25)22-17(18(24)21-4)14-23-12-10-16(11-13-23)15-8-6-5-7-9-15/h5-9,16-17H,10-14H2,1-4H3,(H,21,24)(H,22,25)/t17-/m0/s1. The van der Waals surface area contributed by atoms with Crippen LogP contribution >= 0.6 is 0 Å². The summed E-state index contributed by atoms with van der Waals surface area (Å²) in [6.45, 7) is 7.70. The molecular weight excluding hydrogens is 330 g/mol. The van der Waals surface area contributed by atoms with Crippen LogP contribution in [0.25, 0.3) is 0 Å². The zero-order chi connectivity index (χ0) is 19.2. The fourth-order valence-electron chi connectivity index (χ4n) is 3.25. The van der Waals surface area contributed by atoms with Crippen LogP contribution in [-0.4, -0.2) is 55.2 Å². The van der Waals surface area contributed by atoms with Crippen molar-refractivity contribution in [2.24, 2.45) is 0 Å². The Balaban J connectivity index is 1.89. The second-order valence-corrected chi connectivity index (χ2v) is 7.80. The molecule has 1 aliphatic rings. The summed E-state index contributed by atoms with van der Waals surface area (Å²) in [5, 5.41) is 5.32. The highest BCUT2D eigenvalue weighted by Crippen LogP contribution is 2.27. The molecule has 1 aliphatic heterocycles. The van der Waals surface area contributed by atoms with Gasteiger partial charge >= 0.3 is 6.09 Å². The number of amides is 2. The van der Waals surface area contributed by atoms with E-state index in [2.05, 4.69) is 39.8 Å². The van der Waals surface area contributed by atoms with Crippen molar-refractivity contribution in [3.05, 3.63) is 35.9 Å². The van der Waals surface area contributed by atoms with E-state index in [0.717, 1.165) is 25.9 Å².